The van der Waals surface area contributed by atoms with E-state index in [1.54, 1.807) is 37.3 Å². The Balaban J connectivity index is 2.70. The molecule has 5 heteroatoms. The highest BCUT2D eigenvalue weighted by molar-refractivity contribution is 5.76. The Morgan fingerprint density at radius 1 is 1.35 bits per heavy atom. The SMILES string of the molecule is CC(CC(O)C(F)(F)C(=O)O)c1ccccc1. The first kappa shape index (κ1) is 13.6. The number of aliphatic hydroxyl groups is 1. The number of alkyl halides is 2. The standard InChI is InChI=1S/C12H14F2O3/c1-8(9-5-3-2-4-6-9)7-10(15)12(13,14)11(16)17/h2-6,8,10,15H,7H2,1H3,(H,16,17). The predicted molar refractivity (Wildman–Crippen MR) is 58.1 cm³/mol. The number of benzene rings is 1. The number of hydrogen-bond acceptors (Lipinski definition) is 2. The summed E-state index contributed by atoms with van der Waals surface area (Å²) in [4.78, 5) is 10.3. The van der Waals surface area contributed by atoms with Gasteiger partial charge in [-0.3, -0.25) is 0 Å². The maximum Gasteiger partial charge on any atom is 0.377 e. The van der Waals surface area contributed by atoms with Gasteiger partial charge in [-0.2, -0.15) is 8.78 Å². The fourth-order valence-electron chi connectivity index (χ4n) is 1.54. The summed E-state index contributed by atoms with van der Waals surface area (Å²) >= 11 is 0. The molecular weight excluding hydrogens is 230 g/mol. The van der Waals surface area contributed by atoms with Gasteiger partial charge in [-0.15, -0.1) is 0 Å². The fraction of sp³-hybridized carbons (Fsp3) is 0.417. The van der Waals surface area contributed by atoms with Crippen LogP contribution in [0.1, 0.15) is 24.8 Å². The van der Waals surface area contributed by atoms with Crippen molar-refractivity contribution in [1.82, 2.24) is 0 Å². The third-order valence-electron chi connectivity index (χ3n) is 2.65. The maximum atomic E-state index is 13.0. The molecule has 0 heterocycles. The molecular formula is C12H14F2O3. The molecule has 0 aliphatic rings. The predicted octanol–water partition coefficient (Wildman–Crippen LogP) is 2.26. The number of rotatable bonds is 5. The van der Waals surface area contributed by atoms with Crippen LogP contribution in [0.5, 0.6) is 0 Å². The number of carboxylic acid groups (broad SMARTS) is 1. The van der Waals surface area contributed by atoms with Crippen molar-refractivity contribution in [1.29, 1.82) is 0 Å². The minimum absolute atomic E-state index is 0.302. The highest BCUT2D eigenvalue weighted by atomic mass is 19.3. The van der Waals surface area contributed by atoms with Crippen molar-refractivity contribution in [2.75, 3.05) is 0 Å². The highest BCUT2D eigenvalue weighted by Crippen LogP contribution is 2.28. The molecule has 1 rings (SSSR count). The van der Waals surface area contributed by atoms with Gasteiger partial charge in [0.2, 0.25) is 0 Å². The third-order valence-corrected chi connectivity index (χ3v) is 2.65. The molecule has 17 heavy (non-hydrogen) atoms. The van der Waals surface area contributed by atoms with Crippen LogP contribution in [0.2, 0.25) is 0 Å². The van der Waals surface area contributed by atoms with Crippen LogP contribution in [0.25, 0.3) is 0 Å². The zero-order chi connectivity index (χ0) is 13.1. The van der Waals surface area contributed by atoms with Gasteiger partial charge in [0.25, 0.3) is 0 Å². The number of aliphatic hydroxyl groups excluding tert-OH is 1. The van der Waals surface area contributed by atoms with Crippen LogP contribution in [0, 0.1) is 0 Å². The summed E-state index contributed by atoms with van der Waals surface area (Å²) in [5, 5.41) is 17.5. The van der Waals surface area contributed by atoms with Crippen molar-refractivity contribution in [3.8, 4) is 0 Å². The zero-order valence-corrected chi connectivity index (χ0v) is 9.31. The lowest BCUT2D eigenvalue weighted by atomic mass is 9.93. The Kier molecular flexibility index (Phi) is 4.17. The molecule has 1 aromatic carbocycles. The van der Waals surface area contributed by atoms with Crippen molar-refractivity contribution in [2.45, 2.75) is 31.3 Å². The summed E-state index contributed by atoms with van der Waals surface area (Å²) in [5.41, 5.74) is 0.785. The summed E-state index contributed by atoms with van der Waals surface area (Å²) < 4.78 is 25.9. The zero-order valence-electron chi connectivity index (χ0n) is 9.31. The molecule has 0 amide bonds. The molecule has 0 radical (unpaired) electrons. The van der Waals surface area contributed by atoms with Gasteiger partial charge in [0.15, 0.2) is 0 Å². The molecule has 0 aliphatic heterocycles. The third kappa shape index (κ3) is 3.23. The first-order valence-corrected chi connectivity index (χ1v) is 5.20. The molecule has 1 aromatic rings. The molecule has 3 nitrogen and oxygen atoms in total. The Morgan fingerprint density at radius 2 is 1.88 bits per heavy atom. The molecule has 0 spiro atoms. The largest absolute Gasteiger partial charge is 0.477 e. The summed E-state index contributed by atoms with van der Waals surface area (Å²) in [6.45, 7) is 1.66. The summed E-state index contributed by atoms with van der Waals surface area (Å²) in [7, 11) is 0. The van der Waals surface area contributed by atoms with Crippen molar-refractivity contribution in [2.24, 2.45) is 0 Å². The van der Waals surface area contributed by atoms with Gasteiger partial charge in [-0.25, -0.2) is 4.79 Å². The van der Waals surface area contributed by atoms with Gasteiger partial charge in [-0.1, -0.05) is 37.3 Å². The number of halogens is 2. The Hall–Kier alpha value is -1.49. The number of aliphatic carboxylic acids is 1. The van der Waals surface area contributed by atoms with Crippen molar-refractivity contribution in [3.05, 3.63) is 35.9 Å². The molecule has 0 aromatic heterocycles. The lowest BCUT2D eigenvalue weighted by Gasteiger charge is -2.21. The summed E-state index contributed by atoms with van der Waals surface area (Å²) in [5.74, 6) is -6.75. The summed E-state index contributed by atoms with van der Waals surface area (Å²) in [6.07, 6.45) is -2.49. The van der Waals surface area contributed by atoms with Gasteiger partial charge in [0, 0.05) is 0 Å². The molecule has 94 valence electrons. The van der Waals surface area contributed by atoms with Crippen LogP contribution in [-0.4, -0.2) is 28.2 Å². The number of carboxylic acids is 1. The lowest BCUT2D eigenvalue weighted by Crippen LogP contribution is -2.41. The van der Waals surface area contributed by atoms with Gasteiger partial charge in [0.1, 0.15) is 6.10 Å². The van der Waals surface area contributed by atoms with E-state index in [4.69, 9.17) is 5.11 Å². The van der Waals surface area contributed by atoms with Crippen LogP contribution in [-0.2, 0) is 4.79 Å². The Morgan fingerprint density at radius 3 is 2.35 bits per heavy atom. The molecule has 0 fully saturated rings. The smallest absolute Gasteiger partial charge is 0.377 e. The van der Waals surface area contributed by atoms with E-state index in [9.17, 15) is 18.7 Å². The first-order chi connectivity index (χ1) is 7.85. The van der Waals surface area contributed by atoms with Crippen molar-refractivity contribution < 1.29 is 23.8 Å². The van der Waals surface area contributed by atoms with E-state index in [-0.39, 0.29) is 12.3 Å². The van der Waals surface area contributed by atoms with Gasteiger partial charge < -0.3 is 10.2 Å². The average molecular weight is 244 g/mol. The van der Waals surface area contributed by atoms with Gasteiger partial charge in [-0.05, 0) is 17.9 Å². The first-order valence-electron chi connectivity index (χ1n) is 5.20. The van der Waals surface area contributed by atoms with Crippen molar-refractivity contribution >= 4 is 5.97 Å². The van der Waals surface area contributed by atoms with E-state index in [2.05, 4.69) is 0 Å². The molecule has 2 atom stereocenters. The van der Waals surface area contributed by atoms with Gasteiger partial charge >= 0.3 is 11.9 Å². The quantitative estimate of drug-likeness (QED) is 0.835. The monoisotopic (exact) mass is 244 g/mol. The maximum absolute atomic E-state index is 13.0. The topological polar surface area (TPSA) is 57.5 Å². The molecule has 2 unspecified atom stereocenters. The lowest BCUT2D eigenvalue weighted by molar-refractivity contribution is -0.182. The van der Waals surface area contributed by atoms with E-state index < -0.39 is 18.0 Å². The molecule has 2 N–H and O–H groups in total. The van der Waals surface area contributed by atoms with Crippen LogP contribution in [0.4, 0.5) is 8.78 Å². The van der Waals surface area contributed by atoms with E-state index in [1.165, 1.54) is 0 Å². The van der Waals surface area contributed by atoms with Crippen LogP contribution < -0.4 is 0 Å². The molecule has 0 saturated heterocycles. The molecule has 0 saturated carbocycles. The molecule has 0 bridgehead atoms. The van der Waals surface area contributed by atoms with E-state index in [0.717, 1.165) is 5.56 Å². The second kappa shape index (κ2) is 5.23. The van der Waals surface area contributed by atoms with Crippen LogP contribution >= 0.6 is 0 Å². The normalized spacial score (nSPS) is 15.3. The second-order valence-electron chi connectivity index (χ2n) is 3.99. The number of hydrogen-bond donors (Lipinski definition) is 2. The van der Waals surface area contributed by atoms with E-state index in [1.807, 2.05) is 0 Å². The number of carbonyl (C=O) groups is 1. The van der Waals surface area contributed by atoms with Crippen molar-refractivity contribution in [3.63, 3.8) is 0 Å². The second-order valence-corrected chi connectivity index (χ2v) is 3.99. The molecule has 0 aliphatic carbocycles. The van der Waals surface area contributed by atoms with Gasteiger partial charge in [0.05, 0.1) is 0 Å². The average Bonchev–Trinajstić information content (AvgIpc) is 2.29. The Bertz CT molecular complexity index is 379. The van der Waals surface area contributed by atoms with E-state index in [0.29, 0.717) is 0 Å². The minimum Gasteiger partial charge on any atom is -0.477 e. The van der Waals surface area contributed by atoms with Crippen LogP contribution in [0.3, 0.4) is 0 Å². The minimum atomic E-state index is -4.11. The Labute approximate surface area is 97.7 Å². The van der Waals surface area contributed by atoms with E-state index >= 15 is 0 Å². The van der Waals surface area contributed by atoms with Crippen LogP contribution in [0.15, 0.2) is 30.3 Å². The summed E-state index contributed by atoms with van der Waals surface area (Å²) in [6, 6.07) is 8.80. The highest BCUT2D eigenvalue weighted by Gasteiger charge is 2.47. The fourth-order valence-corrected chi connectivity index (χ4v) is 1.54.